The molecule has 2 aliphatic rings. The molecule has 4 N–H and O–H groups in total. The van der Waals surface area contributed by atoms with Crippen LogP contribution < -0.4 is 16.0 Å². The fourth-order valence-electron chi connectivity index (χ4n) is 5.48. The van der Waals surface area contributed by atoms with E-state index in [0.717, 1.165) is 0 Å². The maximum atomic E-state index is 13.9. The highest BCUT2D eigenvalue weighted by molar-refractivity contribution is 5.95. The van der Waals surface area contributed by atoms with Crippen LogP contribution in [0.5, 0.6) is 0 Å². The predicted octanol–water partition coefficient (Wildman–Crippen LogP) is 2.32. The standard InChI is InChI=1S/C27H33F3N6O3/c1-16(37)24(32)26(39)35-9-6-17(7-10-35)11-23(38)34-20-12-19(27(28,29)30)14-36(15-20)22-5-4-18(13-31)25-21(22)3-2-8-33-25/h2-5,8,16-17,19-20,24,37H,6-7,9-12,14-15,32H2,1H3,(H,34,38)/t16-,19+,20-,24+/m1/s1. The van der Waals surface area contributed by atoms with Gasteiger partial charge in [0.05, 0.1) is 23.1 Å². The monoisotopic (exact) mass is 546 g/mol. The van der Waals surface area contributed by atoms with Crippen LogP contribution in [0, 0.1) is 23.2 Å². The van der Waals surface area contributed by atoms with Gasteiger partial charge in [0.15, 0.2) is 0 Å². The molecule has 2 saturated heterocycles. The highest BCUT2D eigenvalue weighted by Gasteiger charge is 2.45. The second-order valence-corrected chi connectivity index (χ2v) is 10.5. The molecule has 2 aromatic rings. The summed E-state index contributed by atoms with van der Waals surface area (Å²) in [7, 11) is 0. The number of pyridine rings is 1. The van der Waals surface area contributed by atoms with Crippen molar-refractivity contribution in [2.45, 2.75) is 57.0 Å². The minimum atomic E-state index is -4.44. The van der Waals surface area contributed by atoms with Crippen molar-refractivity contribution in [2.75, 3.05) is 31.1 Å². The molecule has 0 spiro atoms. The zero-order valence-corrected chi connectivity index (χ0v) is 21.7. The first kappa shape index (κ1) is 28.6. The number of nitrogens with two attached hydrogens (primary N) is 1. The topological polar surface area (TPSA) is 136 Å². The number of nitriles is 1. The Balaban J connectivity index is 1.42. The Morgan fingerprint density at radius 1 is 1.26 bits per heavy atom. The van der Waals surface area contributed by atoms with E-state index in [4.69, 9.17) is 5.73 Å². The molecule has 1 aromatic carbocycles. The molecule has 0 radical (unpaired) electrons. The van der Waals surface area contributed by atoms with Crippen LogP contribution in [0.4, 0.5) is 18.9 Å². The summed E-state index contributed by atoms with van der Waals surface area (Å²) in [6.45, 7) is 2.20. The van der Waals surface area contributed by atoms with Crippen LogP contribution in [-0.4, -0.2) is 77.3 Å². The highest BCUT2D eigenvalue weighted by Crippen LogP contribution is 2.37. The fraction of sp³-hybridized carbons (Fsp3) is 0.556. The van der Waals surface area contributed by atoms with Crippen molar-refractivity contribution >= 4 is 28.4 Å². The Morgan fingerprint density at radius 2 is 1.97 bits per heavy atom. The molecule has 1 aromatic heterocycles. The Morgan fingerprint density at radius 3 is 2.62 bits per heavy atom. The molecule has 3 heterocycles. The van der Waals surface area contributed by atoms with Gasteiger partial charge in [-0.2, -0.15) is 18.4 Å². The Labute approximate surface area is 224 Å². The molecule has 0 unspecified atom stereocenters. The maximum Gasteiger partial charge on any atom is 0.393 e. The molecule has 12 heteroatoms. The number of hydrogen-bond donors (Lipinski definition) is 3. The van der Waals surface area contributed by atoms with E-state index in [0.29, 0.717) is 48.1 Å². The Hall–Kier alpha value is -3.43. The van der Waals surface area contributed by atoms with Crippen molar-refractivity contribution in [2.24, 2.45) is 17.6 Å². The number of aromatic nitrogens is 1. The van der Waals surface area contributed by atoms with E-state index in [2.05, 4.69) is 16.4 Å². The summed E-state index contributed by atoms with van der Waals surface area (Å²) in [5.41, 5.74) is 7.04. The van der Waals surface area contributed by atoms with Gasteiger partial charge < -0.3 is 26.0 Å². The van der Waals surface area contributed by atoms with Gasteiger partial charge in [-0.05, 0) is 56.4 Å². The van der Waals surface area contributed by atoms with Crippen LogP contribution in [-0.2, 0) is 9.59 Å². The van der Waals surface area contributed by atoms with Gasteiger partial charge in [0, 0.05) is 55.9 Å². The van der Waals surface area contributed by atoms with Gasteiger partial charge >= 0.3 is 6.18 Å². The van der Waals surface area contributed by atoms with Crippen molar-refractivity contribution in [3.05, 3.63) is 36.0 Å². The molecule has 0 saturated carbocycles. The van der Waals surface area contributed by atoms with Crippen LogP contribution in [0.15, 0.2) is 30.5 Å². The number of likely N-dealkylation sites (tertiary alicyclic amines) is 1. The average Bonchev–Trinajstić information content (AvgIpc) is 2.91. The van der Waals surface area contributed by atoms with Crippen molar-refractivity contribution in [3.63, 3.8) is 0 Å². The summed E-state index contributed by atoms with van der Waals surface area (Å²) in [5, 5.41) is 22.4. The van der Waals surface area contributed by atoms with E-state index < -0.39 is 30.3 Å². The van der Waals surface area contributed by atoms with Crippen LogP contribution in [0.25, 0.3) is 10.9 Å². The molecule has 4 rings (SSSR count). The molecular weight excluding hydrogens is 513 g/mol. The number of nitrogens with zero attached hydrogens (tertiary/aromatic N) is 4. The normalized spacial score (nSPS) is 22.3. The number of fused-ring (bicyclic) bond motifs is 1. The lowest BCUT2D eigenvalue weighted by Gasteiger charge is -2.40. The van der Waals surface area contributed by atoms with Gasteiger partial charge in [-0.3, -0.25) is 14.6 Å². The molecular formula is C27H33F3N6O3. The van der Waals surface area contributed by atoms with E-state index >= 15 is 0 Å². The number of anilines is 1. The second kappa shape index (κ2) is 11.8. The quantitative estimate of drug-likeness (QED) is 0.506. The number of nitrogens with one attached hydrogen (secondary N) is 1. The zero-order valence-electron chi connectivity index (χ0n) is 21.7. The first-order valence-electron chi connectivity index (χ1n) is 13.1. The van der Waals surface area contributed by atoms with Crippen molar-refractivity contribution in [3.8, 4) is 6.07 Å². The smallest absolute Gasteiger partial charge is 0.391 e. The maximum absolute atomic E-state index is 13.9. The summed E-state index contributed by atoms with van der Waals surface area (Å²) < 4.78 is 41.7. The number of aliphatic hydroxyl groups is 1. The van der Waals surface area contributed by atoms with Gasteiger partial charge in [-0.25, -0.2) is 0 Å². The van der Waals surface area contributed by atoms with E-state index in [1.807, 2.05) is 0 Å². The summed E-state index contributed by atoms with van der Waals surface area (Å²) >= 11 is 0. The summed E-state index contributed by atoms with van der Waals surface area (Å²) in [6, 6.07) is 6.96. The molecule has 2 fully saturated rings. The first-order valence-corrected chi connectivity index (χ1v) is 13.1. The van der Waals surface area contributed by atoms with Gasteiger partial charge in [-0.15, -0.1) is 0 Å². The third kappa shape index (κ3) is 6.59. The molecule has 2 aliphatic heterocycles. The lowest BCUT2D eigenvalue weighted by Crippen LogP contribution is -2.54. The highest BCUT2D eigenvalue weighted by atomic mass is 19.4. The molecule has 9 nitrogen and oxygen atoms in total. The number of alkyl halides is 3. The van der Waals surface area contributed by atoms with Crippen molar-refractivity contribution < 1.29 is 27.9 Å². The molecule has 210 valence electrons. The van der Waals surface area contributed by atoms with Gasteiger partial charge in [-0.1, -0.05) is 0 Å². The number of carbonyl (C=O) groups is 2. The largest absolute Gasteiger partial charge is 0.393 e. The fourth-order valence-corrected chi connectivity index (χ4v) is 5.48. The predicted molar refractivity (Wildman–Crippen MR) is 138 cm³/mol. The number of benzene rings is 1. The SMILES string of the molecule is C[C@@H](O)[C@H](N)C(=O)N1CCC(CC(=O)N[C@@H]2C[C@H](C(F)(F)F)CN(c3ccc(C#N)c4ncccc34)C2)CC1. The van der Waals surface area contributed by atoms with Crippen molar-refractivity contribution in [1.82, 2.24) is 15.2 Å². The average molecular weight is 547 g/mol. The van der Waals surface area contributed by atoms with Crippen LogP contribution in [0.2, 0.25) is 0 Å². The van der Waals surface area contributed by atoms with Crippen LogP contribution in [0.1, 0.15) is 38.2 Å². The molecule has 39 heavy (non-hydrogen) atoms. The number of amides is 2. The zero-order chi connectivity index (χ0) is 28.3. The van der Waals surface area contributed by atoms with Gasteiger partial charge in [0.2, 0.25) is 11.8 Å². The number of carbonyl (C=O) groups excluding carboxylic acids is 2. The number of aliphatic hydroxyl groups excluding tert-OH is 1. The summed E-state index contributed by atoms with van der Waals surface area (Å²) in [6.07, 6.45) is -2.80. The van der Waals surface area contributed by atoms with Crippen molar-refractivity contribution in [1.29, 1.82) is 5.26 Å². The molecule has 2 amide bonds. The third-order valence-electron chi connectivity index (χ3n) is 7.69. The molecule has 0 bridgehead atoms. The van der Waals surface area contributed by atoms with Gasteiger partial charge in [0.1, 0.15) is 12.1 Å². The van der Waals surface area contributed by atoms with Gasteiger partial charge in [0.25, 0.3) is 0 Å². The minimum absolute atomic E-state index is 0.0107. The minimum Gasteiger partial charge on any atom is -0.391 e. The number of hydrogen-bond acceptors (Lipinski definition) is 7. The number of piperidine rings is 2. The number of rotatable bonds is 6. The molecule has 4 atom stereocenters. The third-order valence-corrected chi connectivity index (χ3v) is 7.69. The summed E-state index contributed by atoms with van der Waals surface area (Å²) in [5.74, 6) is -2.30. The first-order chi connectivity index (χ1) is 18.5. The number of halogens is 3. The Bertz CT molecular complexity index is 1240. The van der Waals surface area contributed by atoms with E-state index in [-0.39, 0.29) is 43.7 Å². The lowest BCUT2D eigenvalue weighted by atomic mass is 9.90. The Kier molecular flexibility index (Phi) is 8.61. The van der Waals surface area contributed by atoms with Crippen LogP contribution >= 0.6 is 0 Å². The second-order valence-electron chi connectivity index (χ2n) is 10.5. The van der Waals surface area contributed by atoms with E-state index in [9.17, 15) is 33.1 Å². The lowest BCUT2D eigenvalue weighted by molar-refractivity contribution is -0.178. The summed E-state index contributed by atoms with van der Waals surface area (Å²) in [4.78, 5) is 32.7. The molecule has 0 aliphatic carbocycles. The van der Waals surface area contributed by atoms with Crippen LogP contribution in [0.3, 0.4) is 0 Å². The van der Waals surface area contributed by atoms with E-state index in [1.165, 1.54) is 13.1 Å². The van der Waals surface area contributed by atoms with E-state index in [1.54, 1.807) is 34.1 Å².